The van der Waals surface area contributed by atoms with Gasteiger partial charge in [-0.15, -0.1) is 0 Å². The molecule has 0 radical (unpaired) electrons. The van der Waals surface area contributed by atoms with Gasteiger partial charge in [0.15, 0.2) is 6.10 Å². The zero-order chi connectivity index (χ0) is 17.7. The molecule has 0 aromatic heterocycles. The lowest BCUT2D eigenvalue weighted by Crippen LogP contribution is -2.47. The van der Waals surface area contributed by atoms with Crippen LogP contribution >= 0.6 is 15.9 Å². The normalized spacial score (nSPS) is 11.5. The van der Waals surface area contributed by atoms with Crippen molar-refractivity contribution in [2.75, 3.05) is 0 Å². The Bertz CT molecular complexity index is 753. The number of hydrazine groups is 1. The van der Waals surface area contributed by atoms with Gasteiger partial charge in [-0.3, -0.25) is 20.4 Å². The molecule has 0 unspecified atom stereocenters. The molecule has 0 fully saturated rings. The van der Waals surface area contributed by atoms with Crippen molar-refractivity contribution in [3.05, 3.63) is 64.1 Å². The van der Waals surface area contributed by atoms with Crippen molar-refractivity contribution < 1.29 is 23.1 Å². The van der Waals surface area contributed by atoms with Crippen molar-refractivity contribution in [1.82, 2.24) is 10.9 Å². The second-order valence-corrected chi connectivity index (χ2v) is 5.70. The molecule has 0 spiro atoms. The van der Waals surface area contributed by atoms with E-state index in [1.807, 2.05) is 0 Å². The van der Waals surface area contributed by atoms with Crippen LogP contribution in [0.15, 0.2) is 46.9 Å². The number of amides is 2. The van der Waals surface area contributed by atoms with Crippen molar-refractivity contribution >= 4 is 27.7 Å². The summed E-state index contributed by atoms with van der Waals surface area (Å²) in [5.41, 5.74) is 4.02. The van der Waals surface area contributed by atoms with Gasteiger partial charge in [-0.05, 0) is 49.4 Å². The Kier molecular flexibility index (Phi) is 5.86. The number of benzene rings is 2. The van der Waals surface area contributed by atoms with Gasteiger partial charge in [0.25, 0.3) is 11.8 Å². The molecule has 8 heteroatoms. The third-order valence-electron chi connectivity index (χ3n) is 2.97. The quantitative estimate of drug-likeness (QED) is 0.778. The van der Waals surface area contributed by atoms with Gasteiger partial charge >= 0.3 is 0 Å². The first-order valence-electron chi connectivity index (χ1n) is 6.84. The molecule has 0 aliphatic rings. The van der Waals surface area contributed by atoms with Crippen molar-refractivity contribution in [3.63, 3.8) is 0 Å². The summed E-state index contributed by atoms with van der Waals surface area (Å²) >= 11 is 3.08. The third-order valence-corrected chi connectivity index (χ3v) is 3.46. The molecular weight excluding hydrogens is 386 g/mol. The van der Waals surface area contributed by atoms with Crippen molar-refractivity contribution in [2.24, 2.45) is 0 Å². The van der Waals surface area contributed by atoms with Crippen LogP contribution in [0, 0.1) is 11.6 Å². The average Bonchev–Trinajstić information content (AvgIpc) is 2.54. The molecule has 126 valence electrons. The Balaban J connectivity index is 1.89. The molecule has 2 aromatic rings. The largest absolute Gasteiger partial charge is 0.481 e. The second kappa shape index (κ2) is 7.87. The average molecular weight is 399 g/mol. The van der Waals surface area contributed by atoms with Crippen molar-refractivity contribution in [1.29, 1.82) is 0 Å². The van der Waals surface area contributed by atoms with E-state index in [0.29, 0.717) is 10.2 Å². The number of halogens is 3. The van der Waals surface area contributed by atoms with Gasteiger partial charge in [-0.2, -0.15) is 0 Å². The van der Waals surface area contributed by atoms with Crippen LogP contribution < -0.4 is 15.6 Å². The highest BCUT2D eigenvalue weighted by Crippen LogP contribution is 2.15. The molecule has 2 amide bonds. The summed E-state index contributed by atoms with van der Waals surface area (Å²) in [4.78, 5) is 23.7. The molecular formula is C16H13BrF2N2O3. The predicted octanol–water partition coefficient (Wildman–Crippen LogP) is 2.96. The van der Waals surface area contributed by atoms with Crippen LogP contribution in [0.1, 0.15) is 17.3 Å². The van der Waals surface area contributed by atoms with Crippen molar-refractivity contribution in [2.45, 2.75) is 13.0 Å². The van der Waals surface area contributed by atoms with Crippen LogP contribution in [0.2, 0.25) is 0 Å². The molecule has 0 heterocycles. The van der Waals surface area contributed by atoms with E-state index in [1.165, 1.54) is 43.3 Å². The Hall–Kier alpha value is -2.48. The zero-order valence-electron chi connectivity index (χ0n) is 12.5. The molecule has 0 aliphatic heterocycles. The first-order valence-corrected chi connectivity index (χ1v) is 7.63. The topological polar surface area (TPSA) is 67.4 Å². The minimum Gasteiger partial charge on any atom is -0.481 e. The number of hydrogen-bond donors (Lipinski definition) is 2. The van der Waals surface area contributed by atoms with E-state index in [4.69, 9.17) is 4.74 Å². The van der Waals surface area contributed by atoms with Gasteiger partial charge in [-0.1, -0.05) is 15.9 Å². The number of ether oxygens (including phenoxy) is 1. The lowest BCUT2D eigenvalue weighted by atomic mass is 10.2. The SMILES string of the molecule is C[C@H](Oc1ccc(F)cc1)C(=O)NNC(=O)c1ccc(Br)cc1F. The highest BCUT2D eigenvalue weighted by Gasteiger charge is 2.17. The minimum absolute atomic E-state index is 0.217. The fourth-order valence-electron chi connectivity index (χ4n) is 1.73. The number of carbonyl (C=O) groups is 2. The maximum atomic E-state index is 13.6. The maximum absolute atomic E-state index is 13.6. The van der Waals surface area contributed by atoms with Gasteiger partial charge in [0.2, 0.25) is 0 Å². The van der Waals surface area contributed by atoms with Crippen LogP contribution in [-0.2, 0) is 4.79 Å². The van der Waals surface area contributed by atoms with E-state index in [9.17, 15) is 18.4 Å². The van der Waals surface area contributed by atoms with Gasteiger partial charge in [0.05, 0.1) is 5.56 Å². The number of hydrogen-bond acceptors (Lipinski definition) is 3. The van der Waals surface area contributed by atoms with E-state index in [2.05, 4.69) is 26.8 Å². The summed E-state index contributed by atoms with van der Waals surface area (Å²) in [5.74, 6) is -2.31. The molecule has 24 heavy (non-hydrogen) atoms. The van der Waals surface area contributed by atoms with Crippen LogP contribution in [0.5, 0.6) is 5.75 Å². The number of carbonyl (C=O) groups excluding carboxylic acids is 2. The zero-order valence-corrected chi connectivity index (χ0v) is 14.1. The summed E-state index contributed by atoms with van der Waals surface area (Å²) < 4.78 is 32.2. The number of nitrogens with one attached hydrogen (secondary N) is 2. The first kappa shape index (κ1) is 17.9. The summed E-state index contributed by atoms with van der Waals surface area (Å²) in [6.45, 7) is 1.45. The third kappa shape index (κ3) is 4.76. The highest BCUT2D eigenvalue weighted by molar-refractivity contribution is 9.10. The standard InChI is InChI=1S/C16H13BrF2N2O3/c1-9(24-12-5-3-11(18)4-6-12)15(22)20-21-16(23)13-7-2-10(17)8-14(13)19/h2-9H,1H3,(H,20,22)(H,21,23)/t9-/m0/s1. The Morgan fingerprint density at radius 2 is 1.75 bits per heavy atom. The highest BCUT2D eigenvalue weighted by atomic mass is 79.9. The summed E-state index contributed by atoms with van der Waals surface area (Å²) in [6.07, 6.45) is -0.953. The van der Waals surface area contributed by atoms with Gasteiger partial charge < -0.3 is 4.74 Å². The molecule has 0 saturated heterocycles. The monoisotopic (exact) mass is 398 g/mol. The Morgan fingerprint density at radius 1 is 1.08 bits per heavy atom. The number of rotatable bonds is 4. The van der Waals surface area contributed by atoms with Crippen molar-refractivity contribution in [3.8, 4) is 5.75 Å². The Labute approximate surface area is 145 Å². The lowest BCUT2D eigenvalue weighted by molar-refractivity contribution is -0.128. The van der Waals surface area contributed by atoms with Crippen LogP contribution in [0.25, 0.3) is 0 Å². The van der Waals surface area contributed by atoms with Gasteiger partial charge in [0, 0.05) is 4.47 Å². The van der Waals surface area contributed by atoms with Crippen LogP contribution in [-0.4, -0.2) is 17.9 Å². The lowest BCUT2D eigenvalue weighted by Gasteiger charge is -2.15. The molecule has 0 aliphatic carbocycles. The predicted molar refractivity (Wildman–Crippen MR) is 86.2 cm³/mol. The van der Waals surface area contributed by atoms with E-state index in [0.717, 1.165) is 6.07 Å². The van der Waals surface area contributed by atoms with E-state index in [1.54, 1.807) is 0 Å². The minimum atomic E-state index is -0.953. The molecule has 1 atom stereocenters. The van der Waals surface area contributed by atoms with E-state index >= 15 is 0 Å². The molecule has 2 N–H and O–H groups in total. The molecule has 0 saturated carbocycles. The fourth-order valence-corrected chi connectivity index (χ4v) is 2.06. The first-order chi connectivity index (χ1) is 11.4. The molecule has 2 aromatic carbocycles. The molecule has 5 nitrogen and oxygen atoms in total. The maximum Gasteiger partial charge on any atom is 0.279 e. The van der Waals surface area contributed by atoms with Gasteiger partial charge in [0.1, 0.15) is 17.4 Å². The fraction of sp³-hybridized carbons (Fsp3) is 0.125. The van der Waals surface area contributed by atoms with E-state index in [-0.39, 0.29) is 5.56 Å². The van der Waals surface area contributed by atoms with Crippen LogP contribution in [0.4, 0.5) is 8.78 Å². The second-order valence-electron chi connectivity index (χ2n) is 4.78. The smallest absolute Gasteiger partial charge is 0.279 e. The summed E-state index contributed by atoms with van der Waals surface area (Å²) in [7, 11) is 0. The molecule has 2 rings (SSSR count). The van der Waals surface area contributed by atoms with E-state index < -0.39 is 29.6 Å². The van der Waals surface area contributed by atoms with Crippen LogP contribution in [0.3, 0.4) is 0 Å². The molecule has 0 bridgehead atoms. The van der Waals surface area contributed by atoms with Gasteiger partial charge in [-0.25, -0.2) is 8.78 Å². The summed E-state index contributed by atoms with van der Waals surface area (Å²) in [5, 5.41) is 0. The Morgan fingerprint density at radius 3 is 2.38 bits per heavy atom. The summed E-state index contributed by atoms with van der Waals surface area (Å²) in [6, 6.07) is 9.04.